The summed E-state index contributed by atoms with van der Waals surface area (Å²) in [5.41, 5.74) is 39.7. The largest absolute Gasteiger partial charge is 0.289 e. The van der Waals surface area contributed by atoms with Gasteiger partial charge in [0.1, 0.15) is 0 Å². The van der Waals surface area contributed by atoms with Gasteiger partial charge in [-0.2, -0.15) is 0 Å². The van der Waals surface area contributed by atoms with Gasteiger partial charge < -0.3 is 0 Å². The van der Waals surface area contributed by atoms with Gasteiger partial charge >= 0.3 is 0 Å². The molecule has 7 nitrogen and oxygen atoms in total. The number of ketones is 1. The molecule has 22 aromatic carbocycles. The minimum Gasteiger partial charge on any atom is -0.289 e. The molecule has 0 aliphatic rings. The molecule has 24 aromatic rings. The Hall–Kier alpha value is -19.5. The van der Waals surface area contributed by atoms with Crippen LogP contribution in [0.4, 0.5) is 0 Å². The second kappa shape index (κ2) is 40.4. The summed E-state index contributed by atoms with van der Waals surface area (Å²) in [7, 11) is 0. The van der Waals surface area contributed by atoms with Crippen LogP contribution in [0.15, 0.2) is 558 Å². The predicted molar refractivity (Wildman–Crippen MR) is 603 cm³/mol. The molecule has 0 saturated carbocycles. The minimum atomic E-state index is -0.100. The monoisotopic (exact) mass is 1860 g/mol. The number of hydrogen-bond acceptors (Lipinski definition) is 7. The van der Waals surface area contributed by atoms with Crippen molar-refractivity contribution in [1.82, 2.24) is 29.9 Å². The molecule has 0 fully saturated rings. The highest BCUT2D eigenvalue weighted by Crippen LogP contribution is 2.45. The lowest BCUT2D eigenvalue weighted by Gasteiger charge is -2.15. The first-order valence-corrected chi connectivity index (χ1v) is 49.3. The Labute approximate surface area is 850 Å². The summed E-state index contributed by atoms with van der Waals surface area (Å²) < 4.78 is 0. The molecule has 0 bridgehead atoms. The molecule has 7 heteroatoms. The van der Waals surface area contributed by atoms with Crippen molar-refractivity contribution in [2.24, 2.45) is 0 Å². The smallest absolute Gasteiger partial charge is 0.194 e. The first-order chi connectivity index (χ1) is 72.2. The van der Waals surface area contributed by atoms with Crippen LogP contribution >= 0.6 is 0 Å². The fourth-order valence-electron chi connectivity index (χ4n) is 19.9. The number of aromatic nitrogens is 6. The van der Waals surface area contributed by atoms with Gasteiger partial charge in [-0.25, -0.2) is 29.9 Å². The zero-order chi connectivity index (χ0) is 97.4. The number of rotatable bonds is 24. The lowest BCUT2D eigenvalue weighted by molar-refractivity contribution is 0.104. The van der Waals surface area contributed by atoms with E-state index < -0.39 is 0 Å². The maximum absolute atomic E-state index is 15.9. The lowest BCUT2D eigenvalue weighted by atomic mass is 9.88. The Morgan fingerprint density at radius 1 is 0.103 bits per heavy atom. The highest BCUT2D eigenvalue weighted by Gasteiger charge is 2.25. The second-order valence-electron chi connectivity index (χ2n) is 36.8. The zero-order valence-corrected chi connectivity index (χ0v) is 79.7. The molecule has 0 aliphatic carbocycles. The number of nitrogens with zero attached hydrogens (tertiary/aromatic N) is 6. The van der Waals surface area contributed by atoms with Crippen LogP contribution in [0.3, 0.4) is 0 Å². The van der Waals surface area contributed by atoms with Gasteiger partial charge in [0.2, 0.25) is 0 Å². The van der Waals surface area contributed by atoms with Crippen molar-refractivity contribution in [2.75, 3.05) is 0 Å². The summed E-state index contributed by atoms with van der Waals surface area (Å²) in [6, 6.07) is 196. The van der Waals surface area contributed by atoms with E-state index in [1.165, 1.54) is 0 Å². The number of hydrogen-bond donors (Lipinski definition) is 0. The average Bonchev–Trinajstić information content (AvgIpc) is 0.770. The molecule has 0 radical (unpaired) electrons. The molecule has 2 heterocycles. The summed E-state index contributed by atoms with van der Waals surface area (Å²) in [6.45, 7) is 0. The van der Waals surface area contributed by atoms with Crippen LogP contribution in [0.2, 0.25) is 0 Å². The van der Waals surface area contributed by atoms with Crippen LogP contribution < -0.4 is 0 Å². The Morgan fingerprint density at radius 3 is 0.397 bits per heavy atom. The molecule has 24 rings (SSSR count). The van der Waals surface area contributed by atoms with Crippen LogP contribution in [0.5, 0.6) is 0 Å². The number of carbonyl (C=O) groups is 1. The fourth-order valence-corrected chi connectivity index (χ4v) is 19.9. The van der Waals surface area contributed by atoms with E-state index >= 15 is 4.79 Å². The second-order valence-corrected chi connectivity index (χ2v) is 36.8. The van der Waals surface area contributed by atoms with E-state index in [0.29, 0.717) is 46.1 Å². The van der Waals surface area contributed by atoms with Gasteiger partial charge in [0.15, 0.2) is 40.7 Å². The quantitative estimate of drug-likeness (QED) is 0.0556. The molecule has 0 saturated heterocycles. The van der Waals surface area contributed by atoms with Crippen LogP contribution in [-0.2, 0) is 0 Å². The van der Waals surface area contributed by atoms with Crippen molar-refractivity contribution >= 4 is 5.78 Å². The van der Waals surface area contributed by atoms with Gasteiger partial charge in [0, 0.05) is 44.5 Å². The van der Waals surface area contributed by atoms with Crippen molar-refractivity contribution in [2.45, 2.75) is 0 Å². The third kappa shape index (κ3) is 19.2. The third-order valence-electron chi connectivity index (χ3n) is 27.3. The van der Waals surface area contributed by atoms with E-state index in [2.05, 4.69) is 522 Å². The summed E-state index contributed by atoms with van der Waals surface area (Å²) in [4.78, 5) is 48.7. The highest BCUT2D eigenvalue weighted by atomic mass is 16.1. The molecule has 0 spiro atoms. The molecule has 0 unspecified atom stereocenters. The molecule has 0 atom stereocenters. The SMILES string of the molecule is O=C(c1ccccc1-c1cccc(-c2cccc(-c3nc(-c4cccc(-c5cc(-c6ccccc6)cc(-c6ccccc6)c5)c4)nc(-c4cccc(-c5cc(-c6ccccc6)cc(-c6ccccc6)c5)c4)n3)c2)c1)c1ccccc1-c1cccc(-c2cccc(-c3nc(-c4cccc(-c5cc(-c6ccccc6)cc(-c6ccccc6)c5)c4)nc(-c4cccc(-c5cc(-c6ccccc6)cc(-c6ccccc6)c5)c4)n3)c2)c1. The van der Waals surface area contributed by atoms with E-state index in [0.717, 1.165) is 211 Å². The molecule has 684 valence electrons. The first kappa shape index (κ1) is 89.2. The Bertz CT molecular complexity index is 7840. The van der Waals surface area contributed by atoms with Gasteiger partial charge in [-0.05, 0) is 299 Å². The van der Waals surface area contributed by atoms with Crippen LogP contribution in [0.1, 0.15) is 15.9 Å². The zero-order valence-electron chi connectivity index (χ0n) is 79.7. The molecule has 0 N–H and O–H groups in total. The Kier molecular flexibility index (Phi) is 24.7. The summed E-state index contributed by atoms with van der Waals surface area (Å²) in [6.07, 6.45) is 0. The van der Waals surface area contributed by atoms with Gasteiger partial charge in [-0.1, -0.05) is 437 Å². The topological polar surface area (TPSA) is 94.4 Å². The van der Waals surface area contributed by atoms with Gasteiger partial charge in [0.25, 0.3) is 0 Å². The van der Waals surface area contributed by atoms with E-state index in [9.17, 15) is 0 Å². The maximum Gasteiger partial charge on any atom is 0.194 e. The van der Waals surface area contributed by atoms with Crippen LogP contribution in [-0.4, -0.2) is 35.7 Å². The molecule has 2 aromatic heterocycles. The van der Waals surface area contributed by atoms with Crippen molar-refractivity contribution in [1.29, 1.82) is 0 Å². The fraction of sp³-hybridized carbons (Fsp3) is 0. The van der Waals surface area contributed by atoms with E-state index in [1.807, 2.05) is 36.4 Å². The Morgan fingerprint density at radius 2 is 0.219 bits per heavy atom. The van der Waals surface area contributed by atoms with Crippen LogP contribution in [0.25, 0.3) is 246 Å². The molecule has 0 amide bonds. The summed E-state index contributed by atoms with van der Waals surface area (Å²) >= 11 is 0. The number of benzene rings is 22. The van der Waals surface area contributed by atoms with Gasteiger partial charge in [-0.15, -0.1) is 0 Å². The van der Waals surface area contributed by atoms with E-state index in [1.54, 1.807) is 0 Å². The molecular weight excluding hydrogens is 1770 g/mol. The summed E-state index contributed by atoms with van der Waals surface area (Å²) in [5.74, 6) is 3.06. The van der Waals surface area contributed by atoms with E-state index in [-0.39, 0.29) is 5.78 Å². The molecule has 0 aliphatic heterocycles. The maximum atomic E-state index is 15.9. The lowest BCUT2D eigenvalue weighted by Crippen LogP contribution is -2.05. The first-order valence-electron chi connectivity index (χ1n) is 49.3. The van der Waals surface area contributed by atoms with Gasteiger partial charge in [-0.3, -0.25) is 4.79 Å². The summed E-state index contributed by atoms with van der Waals surface area (Å²) in [5, 5.41) is 0. The van der Waals surface area contributed by atoms with Gasteiger partial charge in [0.05, 0.1) is 0 Å². The minimum absolute atomic E-state index is 0.100. The highest BCUT2D eigenvalue weighted by molar-refractivity contribution is 6.16. The third-order valence-corrected chi connectivity index (χ3v) is 27.3. The predicted octanol–water partition coefficient (Wildman–Crippen LogP) is 36.0. The van der Waals surface area contributed by atoms with E-state index in [4.69, 9.17) is 29.9 Å². The molecule has 146 heavy (non-hydrogen) atoms. The van der Waals surface area contributed by atoms with Crippen molar-refractivity contribution in [3.8, 4) is 246 Å². The van der Waals surface area contributed by atoms with Crippen molar-refractivity contribution in [3.63, 3.8) is 0 Å². The van der Waals surface area contributed by atoms with Crippen LogP contribution in [0, 0.1) is 0 Å². The van der Waals surface area contributed by atoms with Crippen molar-refractivity contribution in [3.05, 3.63) is 569 Å². The standard InChI is InChI=1S/C139H92N6O/c146-133(131-71-27-25-69-129(131)109-61-29-53-101(73-109)103-55-31-63-111(75-103)134-140-136(113-65-33-57-105(77-113)125-85-117(93-37-9-1-10-38-93)81-118(86-125)94-39-11-2-12-40-94)144-137(141-134)114-66-34-58-106(78-114)126-87-119(95-41-13-3-14-42-95)82-120(88-126)96-43-15-4-16-44-96)132-72-28-26-70-130(132)110-62-30-54-102(74-110)104-56-32-64-112(76-104)135-142-138(115-67-35-59-107(79-115)127-89-121(97-45-17-5-18-46-97)83-122(90-127)98-47-19-6-20-48-98)145-139(143-135)116-68-36-60-108(80-116)128-91-123(99-49-21-7-22-50-99)84-124(92-128)100-51-23-8-24-52-100/h1-92H. The normalized spacial score (nSPS) is 11.2. The Balaban J connectivity index is 0.561. The van der Waals surface area contributed by atoms with Crippen molar-refractivity contribution < 1.29 is 4.79 Å². The number of carbonyl (C=O) groups excluding carboxylic acids is 1. The molecular formula is C139H92N6O. The average molecular weight is 1860 g/mol.